The molecule has 0 atom stereocenters. The third kappa shape index (κ3) is 4.19. The molecule has 9 heteroatoms. The minimum Gasteiger partial charge on any atom is -0.302 e. The number of fused-ring (bicyclic) bond motifs is 1. The summed E-state index contributed by atoms with van der Waals surface area (Å²) in [5.74, 6) is 0.327. The van der Waals surface area contributed by atoms with E-state index in [1.807, 2.05) is 35.7 Å². The molecule has 0 spiro atoms. The van der Waals surface area contributed by atoms with Gasteiger partial charge in [0.15, 0.2) is 10.3 Å². The predicted molar refractivity (Wildman–Crippen MR) is 118 cm³/mol. The number of amides is 1. The lowest BCUT2D eigenvalue weighted by Gasteiger charge is -2.14. The summed E-state index contributed by atoms with van der Waals surface area (Å²) >= 11 is 9.12. The van der Waals surface area contributed by atoms with E-state index in [1.165, 1.54) is 34.6 Å². The minimum atomic E-state index is -0.177. The van der Waals surface area contributed by atoms with Crippen LogP contribution in [0.5, 0.6) is 0 Å². The number of thiazole rings is 1. The molecule has 29 heavy (non-hydrogen) atoms. The van der Waals surface area contributed by atoms with Gasteiger partial charge < -0.3 is 5.32 Å². The highest BCUT2D eigenvalue weighted by molar-refractivity contribution is 7.98. The van der Waals surface area contributed by atoms with Crippen LogP contribution in [0.3, 0.4) is 0 Å². The van der Waals surface area contributed by atoms with Crippen LogP contribution in [0.4, 0.5) is 5.13 Å². The van der Waals surface area contributed by atoms with Crippen LogP contribution in [0.2, 0.25) is 5.02 Å². The van der Waals surface area contributed by atoms with Gasteiger partial charge in [-0.05, 0) is 24.3 Å². The van der Waals surface area contributed by atoms with Gasteiger partial charge in [0, 0.05) is 18.1 Å². The number of hydrogen-bond acceptors (Lipinski definition) is 6. The van der Waals surface area contributed by atoms with Gasteiger partial charge in [-0.3, -0.25) is 14.2 Å². The van der Waals surface area contributed by atoms with Crippen molar-refractivity contribution in [3.05, 3.63) is 75.0 Å². The van der Waals surface area contributed by atoms with E-state index in [-0.39, 0.29) is 11.5 Å². The van der Waals surface area contributed by atoms with Crippen LogP contribution >= 0.6 is 34.7 Å². The van der Waals surface area contributed by atoms with Crippen molar-refractivity contribution < 1.29 is 4.79 Å². The summed E-state index contributed by atoms with van der Waals surface area (Å²) in [5.41, 5.74) is 1.82. The van der Waals surface area contributed by atoms with Crippen LogP contribution in [-0.2, 0) is 10.5 Å². The minimum absolute atomic E-state index is 0.165. The van der Waals surface area contributed by atoms with Crippen molar-refractivity contribution in [1.82, 2.24) is 14.5 Å². The standard InChI is InChI=1S/C20H15ClN4O2S2/c1-12(26)22-19-23-13(10-28-19)11-29-20-24-16-8-4-2-6-14(16)18(27)25(20)17-9-5-3-7-15(17)21/h2-10H,11H2,1H3,(H,22,23,26). The van der Waals surface area contributed by atoms with E-state index in [9.17, 15) is 9.59 Å². The third-order valence-electron chi connectivity index (χ3n) is 4.02. The monoisotopic (exact) mass is 442 g/mol. The van der Waals surface area contributed by atoms with E-state index >= 15 is 0 Å². The second-order valence-electron chi connectivity index (χ2n) is 6.12. The summed E-state index contributed by atoms with van der Waals surface area (Å²) in [6, 6.07) is 14.4. The fourth-order valence-corrected chi connectivity index (χ4v) is 4.75. The second kappa shape index (κ2) is 8.36. The van der Waals surface area contributed by atoms with E-state index in [0.29, 0.717) is 37.7 Å². The molecule has 1 N–H and O–H groups in total. The van der Waals surface area contributed by atoms with E-state index in [0.717, 1.165) is 5.69 Å². The van der Waals surface area contributed by atoms with Gasteiger partial charge in [-0.15, -0.1) is 11.3 Å². The molecule has 1 amide bonds. The predicted octanol–water partition coefficient (Wildman–Crippen LogP) is 4.75. The lowest BCUT2D eigenvalue weighted by Crippen LogP contribution is -2.22. The molecule has 2 aromatic heterocycles. The summed E-state index contributed by atoms with van der Waals surface area (Å²) < 4.78 is 1.54. The molecule has 4 aromatic rings. The molecular weight excluding hydrogens is 428 g/mol. The molecule has 0 aliphatic carbocycles. The summed E-state index contributed by atoms with van der Waals surface area (Å²) in [6.45, 7) is 1.44. The molecule has 6 nitrogen and oxygen atoms in total. The maximum absolute atomic E-state index is 13.2. The Morgan fingerprint density at radius 3 is 2.72 bits per heavy atom. The molecule has 0 aliphatic rings. The van der Waals surface area contributed by atoms with Gasteiger partial charge in [0.1, 0.15) is 0 Å². The molecule has 0 radical (unpaired) electrons. The Balaban J connectivity index is 1.76. The summed E-state index contributed by atoms with van der Waals surface area (Å²) in [4.78, 5) is 33.5. The molecule has 0 unspecified atom stereocenters. The van der Waals surface area contributed by atoms with Crippen molar-refractivity contribution in [2.45, 2.75) is 17.8 Å². The van der Waals surface area contributed by atoms with Gasteiger partial charge in [0.05, 0.1) is 27.3 Å². The summed E-state index contributed by atoms with van der Waals surface area (Å²) in [7, 11) is 0. The Labute approximate surface area is 179 Å². The lowest BCUT2D eigenvalue weighted by molar-refractivity contribution is -0.114. The van der Waals surface area contributed by atoms with Gasteiger partial charge in [0.2, 0.25) is 5.91 Å². The Morgan fingerprint density at radius 1 is 1.17 bits per heavy atom. The average Bonchev–Trinajstić information content (AvgIpc) is 3.14. The van der Waals surface area contributed by atoms with E-state index in [1.54, 1.807) is 18.2 Å². The van der Waals surface area contributed by atoms with E-state index in [2.05, 4.69) is 10.3 Å². The van der Waals surface area contributed by atoms with Crippen LogP contribution in [-0.4, -0.2) is 20.4 Å². The van der Waals surface area contributed by atoms with Crippen molar-refractivity contribution in [3.63, 3.8) is 0 Å². The number of halogens is 1. The van der Waals surface area contributed by atoms with Crippen molar-refractivity contribution in [3.8, 4) is 5.69 Å². The molecular formula is C20H15ClN4O2S2. The quantitative estimate of drug-likeness (QED) is 0.356. The first-order valence-corrected chi connectivity index (χ1v) is 10.9. The second-order valence-corrected chi connectivity index (χ2v) is 8.33. The van der Waals surface area contributed by atoms with Crippen LogP contribution in [0, 0.1) is 0 Å². The maximum Gasteiger partial charge on any atom is 0.266 e. The molecule has 0 bridgehead atoms. The van der Waals surface area contributed by atoms with Crippen molar-refractivity contribution >= 4 is 56.6 Å². The molecule has 2 aromatic carbocycles. The molecule has 0 saturated heterocycles. The SMILES string of the molecule is CC(=O)Nc1nc(CSc2nc3ccccc3c(=O)n2-c2ccccc2Cl)cs1. The van der Waals surface area contributed by atoms with Crippen molar-refractivity contribution in [2.24, 2.45) is 0 Å². The first-order chi connectivity index (χ1) is 14.0. The van der Waals surface area contributed by atoms with Gasteiger partial charge in [-0.2, -0.15) is 0 Å². The number of hydrogen-bond donors (Lipinski definition) is 1. The number of anilines is 1. The fourth-order valence-electron chi connectivity index (χ4n) is 2.77. The van der Waals surface area contributed by atoms with E-state index < -0.39 is 0 Å². The van der Waals surface area contributed by atoms with Crippen LogP contribution < -0.4 is 10.9 Å². The smallest absolute Gasteiger partial charge is 0.266 e. The number of thioether (sulfide) groups is 1. The number of nitrogens with zero attached hydrogens (tertiary/aromatic N) is 3. The number of carbonyl (C=O) groups is 1. The summed E-state index contributed by atoms with van der Waals surface area (Å²) in [5, 5.41) is 6.61. The van der Waals surface area contributed by atoms with Crippen LogP contribution in [0.15, 0.2) is 63.9 Å². The largest absolute Gasteiger partial charge is 0.302 e. The first kappa shape index (κ1) is 19.6. The Hall–Kier alpha value is -2.68. The Bertz CT molecular complexity index is 1270. The molecule has 0 saturated carbocycles. The maximum atomic E-state index is 13.2. The third-order valence-corrected chi connectivity index (χ3v) is 6.12. The van der Waals surface area contributed by atoms with Crippen LogP contribution in [0.25, 0.3) is 16.6 Å². The Morgan fingerprint density at radius 2 is 1.93 bits per heavy atom. The molecule has 2 heterocycles. The number of nitrogens with one attached hydrogen (secondary N) is 1. The lowest BCUT2D eigenvalue weighted by atomic mass is 10.2. The highest BCUT2D eigenvalue weighted by Crippen LogP contribution is 2.28. The number of carbonyl (C=O) groups excluding carboxylic acids is 1. The van der Waals surface area contributed by atoms with Crippen LogP contribution in [0.1, 0.15) is 12.6 Å². The summed E-state index contributed by atoms with van der Waals surface area (Å²) in [6.07, 6.45) is 0. The highest BCUT2D eigenvalue weighted by Gasteiger charge is 2.16. The zero-order chi connectivity index (χ0) is 20.4. The number of para-hydroxylation sites is 2. The molecule has 0 fully saturated rings. The highest BCUT2D eigenvalue weighted by atomic mass is 35.5. The van der Waals surface area contributed by atoms with Crippen molar-refractivity contribution in [1.29, 1.82) is 0 Å². The van der Waals surface area contributed by atoms with Gasteiger partial charge in [-0.1, -0.05) is 47.6 Å². The fraction of sp³-hybridized carbons (Fsp3) is 0.100. The first-order valence-electron chi connectivity index (χ1n) is 8.64. The normalized spacial score (nSPS) is 11.0. The zero-order valence-electron chi connectivity index (χ0n) is 15.3. The topological polar surface area (TPSA) is 76.9 Å². The number of aromatic nitrogens is 3. The van der Waals surface area contributed by atoms with Gasteiger partial charge in [-0.25, -0.2) is 9.97 Å². The van der Waals surface area contributed by atoms with E-state index in [4.69, 9.17) is 16.6 Å². The zero-order valence-corrected chi connectivity index (χ0v) is 17.6. The number of rotatable bonds is 5. The molecule has 0 aliphatic heterocycles. The molecule has 4 rings (SSSR count). The average molecular weight is 443 g/mol. The molecule has 146 valence electrons. The van der Waals surface area contributed by atoms with Gasteiger partial charge >= 0.3 is 0 Å². The van der Waals surface area contributed by atoms with Crippen molar-refractivity contribution in [2.75, 3.05) is 5.32 Å². The van der Waals surface area contributed by atoms with Gasteiger partial charge in [0.25, 0.3) is 5.56 Å². The number of benzene rings is 2. The Kier molecular flexibility index (Phi) is 5.66.